The summed E-state index contributed by atoms with van der Waals surface area (Å²) >= 11 is 1.23. The first-order chi connectivity index (χ1) is 18.9. The Balaban J connectivity index is 1.37. The predicted molar refractivity (Wildman–Crippen MR) is 143 cm³/mol. The number of carbonyl (C=O) groups is 3. The molecule has 2 aliphatic rings. The van der Waals surface area contributed by atoms with Crippen molar-refractivity contribution in [2.75, 3.05) is 18.4 Å². The highest BCUT2D eigenvalue weighted by Crippen LogP contribution is 2.34. The molecule has 0 unspecified atom stereocenters. The summed E-state index contributed by atoms with van der Waals surface area (Å²) in [6, 6.07) is 2.45. The van der Waals surface area contributed by atoms with Gasteiger partial charge in [0.15, 0.2) is 0 Å². The highest BCUT2D eigenvalue weighted by Gasteiger charge is 2.34. The van der Waals surface area contributed by atoms with E-state index in [0.29, 0.717) is 11.1 Å². The molecule has 3 amide bonds. The van der Waals surface area contributed by atoms with Crippen LogP contribution in [0.5, 0.6) is 0 Å². The molecule has 0 aliphatic carbocycles. The number of thiophene rings is 1. The molecule has 0 saturated carbocycles. The molecule has 1 fully saturated rings. The molecule has 0 bridgehead atoms. The van der Waals surface area contributed by atoms with Crippen molar-refractivity contribution in [1.29, 1.82) is 0 Å². The zero-order valence-electron chi connectivity index (χ0n) is 22.6. The van der Waals surface area contributed by atoms with Gasteiger partial charge in [0.2, 0.25) is 15.9 Å². The molecule has 2 aliphatic heterocycles. The highest BCUT2D eigenvalue weighted by atomic mass is 32.2. The molecule has 224 valence electrons. The number of pyridine rings is 1. The van der Waals surface area contributed by atoms with Gasteiger partial charge < -0.3 is 15.0 Å². The molecule has 3 N–H and O–H groups in total. The number of sulfonamides is 1. The van der Waals surface area contributed by atoms with Gasteiger partial charge in [-0.3, -0.25) is 19.5 Å². The second-order valence-corrected chi connectivity index (χ2v) is 14.0. The van der Waals surface area contributed by atoms with Crippen molar-refractivity contribution in [2.45, 2.75) is 64.7 Å². The minimum absolute atomic E-state index is 0.0444. The zero-order valence-corrected chi connectivity index (χ0v) is 24.2. The van der Waals surface area contributed by atoms with Crippen LogP contribution in [0.15, 0.2) is 18.3 Å². The first-order valence-electron chi connectivity index (χ1n) is 12.6. The van der Waals surface area contributed by atoms with E-state index in [4.69, 9.17) is 9.88 Å². The number of hydrogen-bond acceptors (Lipinski definition) is 8. The lowest BCUT2D eigenvalue weighted by Crippen LogP contribution is -2.44. The van der Waals surface area contributed by atoms with Gasteiger partial charge in [0.25, 0.3) is 5.91 Å². The van der Waals surface area contributed by atoms with Gasteiger partial charge >= 0.3 is 12.3 Å². The molecule has 0 spiro atoms. The summed E-state index contributed by atoms with van der Waals surface area (Å²) in [4.78, 5) is 46.1. The molecule has 4 heterocycles. The van der Waals surface area contributed by atoms with E-state index in [1.54, 1.807) is 31.7 Å². The molecule has 0 radical (unpaired) electrons. The number of halogens is 3. The van der Waals surface area contributed by atoms with Crippen LogP contribution in [0.2, 0.25) is 0 Å². The van der Waals surface area contributed by atoms with Crippen LogP contribution in [-0.2, 0) is 45.4 Å². The van der Waals surface area contributed by atoms with Crippen LogP contribution in [0.3, 0.4) is 0 Å². The number of carbonyl (C=O) groups excluding carboxylic acids is 3. The number of fused-ring (bicyclic) bond motifs is 1. The third kappa shape index (κ3) is 7.16. The van der Waals surface area contributed by atoms with E-state index < -0.39 is 51.0 Å². The fourth-order valence-electron chi connectivity index (χ4n) is 4.35. The average molecular weight is 618 g/mol. The maximum Gasteiger partial charge on any atom is 0.417 e. The summed E-state index contributed by atoms with van der Waals surface area (Å²) < 4.78 is 68.1. The van der Waals surface area contributed by atoms with Crippen LogP contribution in [-0.4, -0.2) is 59.4 Å². The second kappa shape index (κ2) is 11.2. The number of nitrogens with two attached hydrogens (primary N) is 1. The number of nitrogens with zero attached hydrogens (tertiary/aromatic N) is 3. The number of rotatable bonds is 5. The van der Waals surface area contributed by atoms with E-state index >= 15 is 0 Å². The van der Waals surface area contributed by atoms with Crippen molar-refractivity contribution in [3.63, 3.8) is 0 Å². The number of likely N-dealkylation sites (tertiary alicyclic amines) is 1. The molecule has 0 atom stereocenters. The minimum atomic E-state index is -4.68. The number of primary sulfonamides is 1. The summed E-state index contributed by atoms with van der Waals surface area (Å²) in [6.45, 7) is 5.22. The fourth-order valence-corrected chi connectivity index (χ4v) is 6.38. The summed E-state index contributed by atoms with van der Waals surface area (Å²) in [5.74, 6) is -0.751. The van der Waals surface area contributed by atoms with Gasteiger partial charge in [0, 0.05) is 29.6 Å². The molecule has 16 heteroatoms. The Labute approximate surface area is 238 Å². The molecular formula is C25H30F3N5O6S2. The molecule has 4 rings (SSSR count). The Hall–Kier alpha value is -3.24. The van der Waals surface area contributed by atoms with Gasteiger partial charge in [0.1, 0.15) is 12.3 Å². The number of ether oxygens (including phenoxy) is 1. The van der Waals surface area contributed by atoms with E-state index in [0.717, 1.165) is 16.5 Å². The van der Waals surface area contributed by atoms with Crippen LogP contribution >= 0.6 is 11.3 Å². The third-order valence-corrected chi connectivity index (χ3v) is 9.37. The minimum Gasteiger partial charge on any atom is -0.443 e. The second-order valence-electron chi connectivity index (χ2n) is 11.0. The van der Waals surface area contributed by atoms with E-state index in [-0.39, 0.29) is 56.3 Å². The Morgan fingerprint density at radius 2 is 1.78 bits per heavy atom. The SMILES string of the molecule is CC(C)(C)C(=O)Nc1cc(C(F)(F)F)cnc1COC(=O)N1Cc2cc(C(=O)N3CCC(S(N)(=O)=O)CC3)sc2C1. The van der Waals surface area contributed by atoms with Gasteiger partial charge in [0.05, 0.1) is 34.5 Å². The van der Waals surface area contributed by atoms with Crippen LogP contribution in [0.4, 0.5) is 23.7 Å². The summed E-state index contributed by atoms with van der Waals surface area (Å²) in [5.41, 5.74) is -1.43. The standard InChI is InChI=1S/C25H30F3N5O6S2/c1-24(2,3)22(35)31-17-9-15(25(26,27)28)10-30-18(17)13-39-23(36)33-11-14-8-19(40-20(14)12-33)21(34)32-6-4-16(5-7-32)41(29,37)38/h8-10,16H,4-7,11-13H2,1-3H3,(H,31,35)(H2,29,37,38). The first kappa shape index (κ1) is 30.7. The smallest absolute Gasteiger partial charge is 0.417 e. The Morgan fingerprint density at radius 3 is 2.34 bits per heavy atom. The maximum absolute atomic E-state index is 13.2. The van der Waals surface area contributed by atoms with Crippen molar-refractivity contribution < 1.29 is 40.7 Å². The number of nitrogens with one attached hydrogen (secondary N) is 1. The largest absolute Gasteiger partial charge is 0.443 e. The van der Waals surface area contributed by atoms with E-state index in [9.17, 15) is 36.0 Å². The Kier molecular flexibility index (Phi) is 8.40. The van der Waals surface area contributed by atoms with Gasteiger partial charge in [-0.15, -0.1) is 11.3 Å². The van der Waals surface area contributed by atoms with Crippen molar-refractivity contribution >= 4 is 45.0 Å². The normalized spacial score (nSPS) is 16.5. The summed E-state index contributed by atoms with van der Waals surface area (Å²) in [7, 11) is -3.65. The summed E-state index contributed by atoms with van der Waals surface area (Å²) in [5, 5.41) is 6.99. The van der Waals surface area contributed by atoms with Gasteiger partial charge in [-0.1, -0.05) is 20.8 Å². The van der Waals surface area contributed by atoms with Crippen LogP contribution in [0, 0.1) is 5.41 Å². The molecule has 0 aromatic carbocycles. The Morgan fingerprint density at radius 1 is 1.12 bits per heavy atom. The van der Waals surface area contributed by atoms with E-state index in [1.807, 2.05) is 0 Å². The van der Waals surface area contributed by atoms with E-state index in [1.165, 1.54) is 16.2 Å². The molecule has 2 aromatic heterocycles. The van der Waals surface area contributed by atoms with Crippen molar-refractivity contribution in [3.8, 4) is 0 Å². The zero-order chi connectivity index (χ0) is 30.3. The maximum atomic E-state index is 13.2. The first-order valence-corrected chi connectivity index (χ1v) is 15.1. The average Bonchev–Trinajstić information content (AvgIpc) is 3.45. The third-order valence-electron chi connectivity index (χ3n) is 6.81. The quantitative estimate of drug-likeness (QED) is 0.519. The van der Waals surface area contributed by atoms with Gasteiger partial charge in [-0.2, -0.15) is 13.2 Å². The lowest BCUT2D eigenvalue weighted by molar-refractivity contribution is -0.137. The van der Waals surface area contributed by atoms with Crippen molar-refractivity contribution in [2.24, 2.45) is 10.6 Å². The molecule has 41 heavy (non-hydrogen) atoms. The number of amides is 3. The Bertz CT molecular complexity index is 1440. The molecule has 2 aromatic rings. The number of alkyl halides is 3. The van der Waals surface area contributed by atoms with Crippen LogP contribution in [0.1, 0.15) is 65.0 Å². The predicted octanol–water partition coefficient (Wildman–Crippen LogP) is 3.69. The van der Waals surface area contributed by atoms with Crippen molar-refractivity contribution in [1.82, 2.24) is 14.8 Å². The number of aromatic nitrogens is 1. The van der Waals surface area contributed by atoms with Crippen molar-refractivity contribution in [3.05, 3.63) is 44.9 Å². The van der Waals surface area contributed by atoms with Crippen LogP contribution in [0.25, 0.3) is 0 Å². The van der Waals surface area contributed by atoms with Gasteiger partial charge in [-0.25, -0.2) is 18.4 Å². The molecule has 11 nitrogen and oxygen atoms in total. The van der Waals surface area contributed by atoms with Crippen LogP contribution < -0.4 is 10.5 Å². The highest BCUT2D eigenvalue weighted by molar-refractivity contribution is 7.89. The molecular weight excluding hydrogens is 587 g/mol. The number of hydrogen-bond donors (Lipinski definition) is 2. The monoisotopic (exact) mass is 617 g/mol. The topological polar surface area (TPSA) is 152 Å². The number of piperidine rings is 1. The van der Waals surface area contributed by atoms with Gasteiger partial charge in [-0.05, 0) is 30.5 Å². The lowest BCUT2D eigenvalue weighted by atomic mass is 9.95. The fraction of sp³-hybridized carbons (Fsp3) is 0.520. The lowest BCUT2D eigenvalue weighted by Gasteiger charge is -2.30. The van der Waals surface area contributed by atoms with E-state index in [2.05, 4.69) is 10.3 Å². The molecule has 1 saturated heterocycles. The summed E-state index contributed by atoms with van der Waals surface area (Å²) in [6.07, 6.45) is -4.27. The number of anilines is 1.